The lowest BCUT2D eigenvalue weighted by molar-refractivity contribution is 0.775. The highest BCUT2D eigenvalue weighted by Gasteiger charge is 2.24. The first-order valence-electron chi connectivity index (χ1n) is 16.4. The van der Waals surface area contributed by atoms with Crippen LogP contribution < -0.4 is 0 Å². The molecule has 1 aliphatic rings. The Kier molecular flexibility index (Phi) is 8.18. The van der Waals surface area contributed by atoms with Gasteiger partial charge < -0.3 is 0 Å². The van der Waals surface area contributed by atoms with E-state index in [4.69, 9.17) is 15.0 Å². The zero-order valence-corrected chi connectivity index (χ0v) is 27.0. The number of aromatic nitrogens is 6. The Hall–Kier alpha value is -6.40. The van der Waals surface area contributed by atoms with Crippen molar-refractivity contribution in [1.82, 2.24) is 29.9 Å². The van der Waals surface area contributed by atoms with E-state index in [1.165, 1.54) is 5.57 Å². The number of allylic oxidation sites excluding steroid dienone is 4. The molecule has 0 aliphatic heterocycles. The summed E-state index contributed by atoms with van der Waals surface area (Å²) in [6.45, 7) is 2.05. The maximum absolute atomic E-state index is 5.11. The van der Waals surface area contributed by atoms with Gasteiger partial charge in [-0.1, -0.05) is 127 Å². The second-order valence-electron chi connectivity index (χ2n) is 12.1. The zero-order valence-electron chi connectivity index (χ0n) is 27.0. The molecule has 0 fully saturated rings. The number of aryl methyl sites for hydroxylation is 1. The molecule has 1 atom stereocenters. The van der Waals surface area contributed by atoms with Gasteiger partial charge in [-0.2, -0.15) is 0 Å². The molecule has 49 heavy (non-hydrogen) atoms. The summed E-state index contributed by atoms with van der Waals surface area (Å²) in [7, 11) is 0. The number of pyridine rings is 1. The summed E-state index contributed by atoms with van der Waals surface area (Å²) in [6.07, 6.45) is 12.4. The predicted octanol–water partition coefficient (Wildman–Crippen LogP) is 9.69. The fourth-order valence-electron chi connectivity index (χ4n) is 6.28. The first kappa shape index (κ1) is 30.0. The van der Waals surface area contributed by atoms with Gasteiger partial charge in [0, 0.05) is 52.5 Å². The minimum atomic E-state index is -0.0807. The Morgan fingerprint density at radius 3 is 1.80 bits per heavy atom. The second kappa shape index (κ2) is 13.4. The van der Waals surface area contributed by atoms with Crippen LogP contribution in [0, 0.1) is 6.92 Å². The van der Waals surface area contributed by atoms with Gasteiger partial charge in [0.2, 0.25) is 0 Å². The molecule has 0 bridgehead atoms. The van der Waals surface area contributed by atoms with Gasteiger partial charge in [-0.3, -0.25) is 15.0 Å². The lowest BCUT2D eigenvalue weighted by Gasteiger charge is -2.23. The van der Waals surface area contributed by atoms with Crippen LogP contribution in [0.5, 0.6) is 0 Å². The van der Waals surface area contributed by atoms with Crippen LogP contribution in [0.2, 0.25) is 0 Å². The first-order chi connectivity index (χ1) is 24.2. The maximum Gasteiger partial charge on any atom is 0.163 e. The average Bonchev–Trinajstić information content (AvgIpc) is 3.19. The topological polar surface area (TPSA) is 77.3 Å². The quantitative estimate of drug-likeness (QED) is 0.174. The van der Waals surface area contributed by atoms with Crippen molar-refractivity contribution in [3.63, 3.8) is 0 Å². The van der Waals surface area contributed by atoms with Gasteiger partial charge >= 0.3 is 0 Å². The van der Waals surface area contributed by atoms with Crippen LogP contribution in [0.1, 0.15) is 35.0 Å². The summed E-state index contributed by atoms with van der Waals surface area (Å²) >= 11 is 0. The second-order valence-corrected chi connectivity index (χ2v) is 12.1. The van der Waals surface area contributed by atoms with Gasteiger partial charge in [0.25, 0.3) is 0 Å². The van der Waals surface area contributed by atoms with Gasteiger partial charge in [0.05, 0.1) is 11.9 Å². The molecule has 0 saturated heterocycles. The molecule has 4 aromatic carbocycles. The lowest BCUT2D eigenvalue weighted by atomic mass is 9.83. The predicted molar refractivity (Wildman–Crippen MR) is 196 cm³/mol. The van der Waals surface area contributed by atoms with Crippen molar-refractivity contribution in [3.8, 4) is 45.2 Å². The SMILES string of the molecule is Cc1ncccc1-c1ccc(C2=CC(c3ccc(-c4cnccn4)cc3)=C[C@H](c3nc(-c4ccccc4)nc(-c4ccccc4)n3)C2)cc1. The van der Waals surface area contributed by atoms with Crippen molar-refractivity contribution in [1.29, 1.82) is 0 Å². The number of benzene rings is 4. The summed E-state index contributed by atoms with van der Waals surface area (Å²) in [6, 6.07) is 41.7. The Balaban J connectivity index is 1.22. The molecular weight excluding hydrogens is 601 g/mol. The van der Waals surface area contributed by atoms with Gasteiger partial charge in [0.1, 0.15) is 5.82 Å². The molecule has 0 spiro atoms. The van der Waals surface area contributed by atoms with Crippen LogP contribution in [0.15, 0.2) is 158 Å². The molecule has 3 heterocycles. The summed E-state index contributed by atoms with van der Waals surface area (Å²) in [5.41, 5.74) is 11.7. The monoisotopic (exact) mass is 632 g/mol. The molecule has 0 N–H and O–H groups in total. The van der Waals surface area contributed by atoms with Crippen LogP contribution in [-0.2, 0) is 0 Å². The number of hydrogen-bond acceptors (Lipinski definition) is 6. The zero-order chi connectivity index (χ0) is 33.0. The Labute approximate surface area is 285 Å². The number of hydrogen-bond donors (Lipinski definition) is 0. The molecule has 1 aliphatic carbocycles. The fourth-order valence-corrected chi connectivity index (χ4v) is 6.28. The smallest absolute Gasteiger partial charge is 0.163 e. The molecule has 6 nitrogen and oxygen atoms in total. The molecular formula is C43H32N6. The number of nitrogens with zero attached hydrogens (tertiary/aromatic N) is 6. The largest absolute Gasteiger partial charge is 0.261 e. The van der Waals surface area contributed by atoms with Crippen LogP contribution in [-0.4, -0.2) is 29.9 Å². The molecule has 6 heteroatoms. The van der Waals surface area contributed by atoms with E-state index in [9.17, 15) is 0 Å². The van der Waals surface area contributed by atoms with E-state index >= 15 is 0 Å². The highest BCUT2D eigenvalue weighted by molar-refractivity contribution is 5.88. The van der Waals surface area contributed by atoms with Gasteiger partial charge in [-0.25, -0.2) is 15.0 Å². The van der Waals surface area contributed by atoms with Crippen molar-refractivity contribution in [3.05, 3.63) is 181 Å². The Bertz CT molecular complexity index is 2220. The van der Waals surface area contributed by atoms with Crippen LogP contribution in [0.4, 0.5) is 0 Å². The van der Waals surface area contributed by atoms with Crippen molar-refractivity contribution in [2.75, 3.05) is 0 Å². The van der Waals surface area contributed by atoms with Crippen LogP contribution in [0.25, 0.3) is 56.3 Å². The van der Waals surface area contributed by atoms with E-state index < -0.39 is 0 Å². The standard InChI is InChI=1S/C43H32N6/c1-29-39(13-8-22-45-29)32-18-14-30(15-19-32)36-25-37(31-16-20-33(21-17-31)40-28-44-23-24-46-40)27-38(26-36)43-48-41(34-9-4-2-5-10-34)47-42(49-43)35-11-6-3-7-12-35/h2-25,27-28,38H,26H2,1H3/t38-/m1/s1. The lowest BCUT2D eigenvalue weighted by Crippen LogP contribution is -2.10. The van der Waals surface area contributed by atoms with Crippen molar-refractivity contribution in [2.45, 2.75) is 19.3 Å². The highest BCUT2D eigenvalue weighted by atomic mass is 15.0. The normalized spacial score (nSPS) is 14.2. The van der Waals surface area contributed by atoms with Crippen molar-refractivity contribution in [2.24, 2.45) is 0 Å². The van der Waals surface area contributed by atoms with E-state index in [2.05, 4.69) is 81.7 Å². The van der Waals surface area contributed by atoms with E-state index in [1.807, 2.05) is 79.9 Å². The fraction of sp³-hybridized carbons (Fsp3) is 0.0698. The molecule has 0 saturated carbocycles. The highest BCUT2D eigenvalue weighted by Crippen LogP contribution is 2.39. The Morgan fingerprint density at radius 1 is 0.531 bits per heavy atom. The number of rotatable bonds is 7. The summed E-state index contributed by atoms with van der Waals surface area (Å²) in [5, 5.41) is 0. The minimum absolute atomic E-state index is 0.0807. The average molecular weight is 633 g/mol. The van der Waals surface area contributed by atoms with E-state index in [-0.39, 0.29) is 5.92 Å². The van der Waals surface area contributed by atoms with Gasteiger partial charge in [-0.15, -0.1) is 0 Å². The van der Waals surface area contributed by atoms with Crippen LogP contribution in [0.3, 0.4) is 0 Å². The molecule has 3 aromatic heterocycles. The molecule has 234 valence electrons. The van der Waals surface area contributed by atoms with Gasteiger partial charge in [-0.05, 0) is 47.2 Å². The molecule has 0 amide bonds. The molecule has 0 radical (unpaired) electrons. The third-order valence-electron chi connectivity index (χ3n) is 8.85. The molecule has 8 rings (SSSR count). The van der Waals surface area contributed by atoms with E-state index in [1.54, 1.807) is 18.6 Å². The maximum atomic E-state index is 5.11. The van der Waals surface area contributed by atoms with Crippen molar-refractivity contribution < 1.29 is 0 Å². The summed E-state index contributed by atoms with van der Waals surface area (Å²) < 4.78 is 0. The third-order valence-corrected chi connectivity index (χ3v) is 8.85. The molecule has 7 aromatic rings. The van der Waals surface area contributed by atoms with Gasteiger partial charge in [0.15, 0.2) is 11.6 Å². The van der Waals surface area contributed by atoms with Crippen molar-refractivity contribution >= 4 is 11.1 Å². The summed E-state index contributed by atoms with van der Waals surface area (Å²) in [4.78, 5) is 28.4. The minimum Gasteiger partial charge on any atom is -0.261 e. The van der Waals surface area contributed by atoms with E-state index in [0.717, 1.165) is 68.2 Å². The van der Waals surface area contributed by atoms with Crippen LogP contribution >= 0.6 is 0 Å². The summed E-state index contributed by atoms with van der Waals surface area (Å²) in [5.74, 6) is 2.00. The third kappa shape index (κ3) is 6.45. The van der Waals surface area contributed by atoms with E-state index in [0.29, 0.717) is 11.6 Å². The Morgan fingerprint density at radius 2 is 1.16 bits per heavy atom. The first-order valence-corrected chi connectivity index (χ1v) is 16.4. The molecule has 0 unspecified atom stereocenters.